The number of carboxylic acid groups (broad SMARTS) is 1. The van der Waals surface area contributed by atoms with Crippen molar-refractivity contribution in [1.82, 2.24) is 4.90 Å². The van der Waals surface area contributed by atoms with E-state index >= 15 is 0 Å². The van der Waals surface area contributed by atoms with Crippen LogP contribution in [0.15, 0.2) is 72.8 Å². The first-order chi connectivity index (χ1) is 15.0. The molecule has 0 fully saturated rings. The quantitative estimate of drug-likeness (QED) is 0.680. The van der Waals surface area contributed by atoms with Crippen LogP contribution in [0.3, 0.4) is 0 Å². The number of hydrogen-bond acceptors (Lipinski definition) is 3. The van der Waals surface area contributed by atoms with E-state index in [2.05, 4.69) is 31.2 Å². The molecule has 0 saturated heterocycles. The Morgan fingerprint density at radius 1 is 0.935 bits per heavy atom. The smallest absolute Gasteiger partial charge is 0.410 e. The van der Waals surface area contributed by atoms with Crippen LogP contribution in [0.2, 0.25) is 0 Å². The number of amides is 1. The van der Waals surface area contributed by atoms with Crippen LogP contribution in [-0.4, -0.2) is 34.7 Å². The average molecular weight is 413 g/mol. The molecule has 0 bridgehead atoms. The Balaban J connectivity index is 1.42. The number of ether oxygens (including phenoxy) is 1. The summed E-state index contributed by atoms with van der Waals surface area (Å²) in [5.74, 6) is -1.02. The zero-order valence-electron chi connectivity index (χ0n) is 17.2. The summed E-state index contributed by atoms with van der Waals surface area (Å²) in [5.41, 5.74) is 5.95. The Morgan fingerprint density at radius 3 is 2.10 bits per heavy atom. The van der Waals surface area contributed by atoms with Gasteiger partial charge in [0.15, 0.2) is 0 Å². The summed E-state index contributed by atoms with van der Waals surface area (Å²) in [6.45, 7) is 2.45. The first-order valence-electron chi connectivity index (χ1n) is 10.4. The maximum Gasteiger partial charge on any atom is 0.410 e. The molecular weight excluding hydrogens is 390 g/mol. The number of carbonyl (C=O) groups is 2. The minimum Gasteiger partial charge on any atom is -0.480 e. The predicted molar refractivity (Wildman–Crippen MR) is 117 cm³/mol. The lowest BCUT2D eigenvalue weighted by Crippen LogP contribution is -2.49. The SMILES string of the molecule is CC1(COC(=O)N2Cc3ccccc3C[C@@H]2C(=O)O)c2ccccc2-c2ccccc21. The van der Waals surface area contributed by atoms with Gasteiger partial charge in [0, 0.05) is 6.42 Å². The molecule has 0 spiro atoms. The fourth-order valence-electron chi connectivity index (χ4n) is 4.92. The molecule has 0 radical (unpaired) electrons. The Bertz CT molecular complexity index is 1140. The van der Waals surface area contributed by atoms with Crippen molar-refractivity contribution in [2.75, 3.05) is 6.61 Å². The maximum absolute atomic E-state index is 13.1. The van der Waals surface area contributed by atoms with Crippen molar-refractivity contribution >= 4 is 12.1 Å². The summed E-state index contributed by atoms with van der Waals surface area (Å²) in [7, 11) is 0. The third-order valence-electron chi connectivity index (χ3n) is 6.59. The molecule has 3 aromatic rings. The maximum atomic E-state index is 13.1. The van der Waals surface area contributed by atoms with Crippen LogP contribution in [0.25, 0.3) is 11.1 Å². The van der Waals surface area contributed by atoms with Crippen LogP contribution in [0.1, 0.15) is 29.2 Å². The monoisotopic (exact) mass is 413 g/mol. The molecule has 1 aliphatic heterocycles. The summed E-state index contributed by atoms with van der Waals surface area (Å²) in [6.07, 6.45) is -0.311. The minimum atomic E-state index is -1.02. The number of carboxylic acids is 1. The topological polar surface area (TPSA) is 66.8 Å². The minimum absolute atomic E-state index is 0.143. The number of hydrogen-bond donors (Lipinski definition) is 1. The molecule has 5 heteroatoms. The Labute approximate surface area is 180 Å². The van der Waals surface area contributed by atoms with Crippen molar-refractivity contribution in [2.24, 2.45) is 0 Å². The molecule has 3 aromatic carbocycles. The molecule has 156 valence electrons. The van der Waals surface area contributed by atoms with Gasteiger partial charge in [-0.05, 0) is 40.3 Å². The van der Waals surface area contributed by atoms with Crippen LogP contribution in [0.4, 0.5) is 4.79 Å². The van der Waals surface area contributed by atoms with Crippen LogP contribution >= 0.6 is 0 Å². The molecule has 0 saturated carbocycles. The lowest BCUT2D eigenvalue weighted by Gasteiger charge is -2.35. The van der Waals surface area contributed by atoms with Crippen LogP contribution in [-0.2, 0) is 27.9 Å². The number of nitrogens with zero attached hydrogens (tertiary/aromatic N) is 1. The third kappa shape index (κ3) is 3.08. The van der Waals surface area contributed by atoms with Crippen LogP contribution in [0.5, 0.6) is 0 Å². The van der Waals surface area contributed by atoms with E-state index in [9.17, 15) is 14.7 Å². The first-order valence-corrected chi connectivity index (χ1v) is 10.4. The van der Waals surface area contributed by atoms with Gasteiger partial charge in [-0.15, -0.1) is 0 Å². The predicted octanol–water partition coefficient (Wildman–Crippen LogP) is 4.62. The van der Waals surface area contributed by atoms with Gasteiger partial charge in [0.2, 0.25) is 0 Å². The van der Waals surface area contributed by atoms with Crippen molar-refractivity contribution in [2.45, 2.75) is 31.3 Å². The molecule has 1 amide bonds. The normalized spacial score (nSPS) is 18.0. The molecule has 31 heavy (non-hydrogen) atoms. The van der Waals surface area contributed by atoms with E-state index in [1.54, 1.807) is 0 Å². The first kappa shape index (κ1) is 19.4. The summed E-state index contributed by atoms with van der Waals surface area (Å²) in [6, 6.07) is 23.0. The molecule has 5 nitrogen and oxygen atoms in total. The molecule has 1 heterocycles. The molecule has 0 aromatic heterocycles. The highest BCUT2D eigenvalue weighted by molar-refractivity contribution is 5.83. The van der Waals surface area contributed by atoms with E-state index in [4.69, 9.17) is 4.74 Å². The fraction of sp³-hybridized carbons (Fsp3) is 0.231. The summed E-state index contributed by atoms with van der Waals surface area (Å²) < 4.78 is 5.80. The van der Waals surface area contributed by atoms with Gasteiger partial charge in [-0.1, -0.05) is 72.8 Å². The number of carbonyl (C=O) groups excluding carboxylic acids is 1. The van der Waals surface area contributed by atoms with E-state index in [0.29, 0.717) is 0 Å². The zero-order chi connectivity index (χ0) is 21.6. The molecule has 0 unspecified atom stereocenters. The third-order valence-corrected chi connectivity index (χ3v) is 6.59. The second kappa shape index (κ2) is 7.27. The molecule has 1 N–H and O–H groups in total. The zero-order valence-corrected chi connectivity index (χ0v) is 17.2. The molecule has 1 aliphatic carbocycles. The number of aliphatic carboxylic acids is 1. The van der Waals surface area contributed by atoms with Gasteiger partial charge in [-0.2, -0.15) is 0 Å². The highest BCUT2D eigenvalue weighted by atomic mass is 16.6. The van der Waals surface area contributed by atoms with Gasteiger partial charge in [0.25, 0.3) is 0 Å². The lowest BCUT2D eigenvalue weighted by molar-refractivity contribution is -0.143. The standard InChI is InChI=1S/C26H23NO4/c1-26(21-12-6-4-10-19(21)20-11-5-7-13-22(20)26)16-31-25(30)27-15-18-9-3-2-8-17(18)14-23(27)24(28)29/h2-13,23H,14-16H2,1H3,(H,28,29)/t23-/m1/s1. The molecular formula is C26H23NO4. The summed E-state index contributed by atoms with van der Waals surface area (Å²) >= 11 is 0. The van der Waals surface area contributed by atoms with Gasteiger partial charge >= 0.3 is 12.1 Å². The molecule has 1 atom stereocenters. The van der Waals surface area contributed by atoms with Crippen molar-refractivity contribution in [1.29, 1.82) is 0 Å². The van der Waals surface area contributed by atoms with E-state index < -0.39 is 23.5 Å². The largest absolute Gasteiger partial charge is 0.480 e. The van der Waals surface area contributed by atoms with Gasteiger partial charge < -0.3 is 9.84 Å². The highest BCUT2D eigenvalue weighted by Gasteiger charge is 2.42. The summed E-state index contributed by atoms with van der Waals surface area (Å²) in [5, 5.41) is 9.72. The van der Waals surface area contributed by atoms with Gasteiger partial charge in [0.1, 0.15) is 12.6 Å². The fourth-order valence-corrected chi connectivity index (χ4v) is 4.92. The van der Waals surface area contributed by atoms with Gasteiger partial charge in [0.05, 0.1) is 12.0 Å². The van der Waals surface area contributed by atoms with Crippen LogP contribution < -0.4 is 0 Å². The molecule has 2 aliphatic rings. The second-order valence-corrected chi connectivity index (χ2v) is 8.43. The lowest BCUT2D eigenvalue weighted by atomic mass is 9.81. The average Bonchev–Trinajstić information content (AvgIpc) is 3.06. The number of benzene rings is 3. The van der Waals surface area contributed by atoms with Crippen molar-refractivity contribution in [3.8, 4) is 11.1 Å². The Hall–Kier alpha value is -3.60. The van der Waals surface area contributed by atoms with E-state index in [0.717, 1.165) is 33.4 Å². The second-order valence-electron chi connectivity index (χ2n) is 8.43. The van der Waals surface area contributed by atoms with Crippen molar-refractivity contribution in [3.05, 3.63) is 95.1 Å². The van der Waals surface area contributed by atoms with Gasteiger partial charge in [-0.25, -0.2) is 9.59 Å². The number of fused-ring (bicyclic) bond motifs is 4. The Morgan fingerprint density at radius 2 is 1.48 bits per heavy atom. The van der Waals surface area contributed by atoms with E-state index in [1.165, 1.54) is 4.90 Å². The van der Waals surface area contributed by atoms with Crippen molar-refractivity contribution < 1.29 is 19.4 Å². The molecule has 5 rings (SSSR count). The van der Waals surface area contributed by atoms with E-state index in [-0.39, 0.29) is 19.6 Å². The number of rotatable bonds is 3. The van der Waals surface area contributed by atoms with Crippen LogP contribution in [0, 0.1) is 0 Å². The summed E-state index contributed by atoms with van der Waals surface area (Å²) in [4.78, 5) is 26.3. The highest BCUT2D eigenvalue weighted by Crippen LogP contribution is 2.48. The van der Waals surface area contributed by atoms with Crippen molar-refractivity contribution in [3.63, 3.8) is 0 Å². The Kier molecular flexibility index (Phi) is 4.54. The van der Waals surface area contributed by atoms with E-state index in [1.807, 2.05) is 48.5 Å². The van der Waals surface area contributed by atoms with Gasteiger partial charge in [-0.3, -0.25) is 4.90 Å².